The van der Waals surface area contributed by atoms with E-state index in [1.54, 1.807) is 9.80 Å². The fourth-order valence-corrected chi connectivity index (χ4v) is 4.74. The minimum absolute atomic E-state index is 0.0165. The normalized spacial score (nSPS) is 22.0. The highest BCUT2D eigenvalue weighted by Crippen LogP contribution is 2.33. The molecule has 0 N–H and O–H groups in total. The first-order valence-electron chi connectivity index (χ1n) is 9.47. The van der Waals surface area contributed by atoms with Gasteiger partial charge in [-0.3, -0.25) is 9.59 Å². The van der Waals surface area contributed by atoms with Gasteiger partial charge in [0.05, 0.1) is 0 Å². The Kier molecular flexibility index (Phi) is 5.60. The first-order chi connectivity index (χ1) is 12.8. The lowest BCUT2D eigenvalue weighted by atomic mass is 9.99. The molecule has 2 aliphatic heterocycles. The molecule has 2 aliphatic rings. The van der Waals surface area contributed by atoms with Gasteiger partial charge < -0.3 is 9.80 Å². The van der Waals surface area contributed by atoms with Crippen LogP contribution in [0, 0.1) is 13.8 Å². The first kappa shape index (κ1) is 19.9. The molecule has 1 aromatic carbocycles. The molecule has 2 saturated heterocycles. The Morgan fingerprint density at radius 3 is 2.41 bits per heavy atom. The number of carbonyl (C=O) groups excluding carboxylic acids is 3. The van der Waals surface area contributed by atoms with Crippen LogP contribution in [0.2, 0.25) is 0 Å². The van der Waals surface area contributed by atoms with Gasteiger partial charge in [0.15, 0.2) is 0 Å². The van der Waals surface area contributed by atoms with Crippen LogP contribution in [0.1, 0.15) is 44.2 Å². The molecule has 0 spiro atoms. The van der Waals surface area contributed by atoms with Crippen LogP contribution < -0.4 is 4.90 Å². The Balaban J connectivity index is 1.90. The number of amides is 4. The molecule has 0 radical (unpaired) electrons. The van der Waals surface area contributed by atoms with Gasteiger partial charge in [-0.1, -0.05) is 22.9 Å². The van der Waals surface area contributed by atoms with Crippen LogP contribution >= 0.6 is 15.9 Å². The summed E-state index contributed by atoms with van der Waals surface area (Å²) in [5.74, 6) is -0.438. The molecule has 0 aromatic heterocycles. The highest BCUT2D eigenvalue weighted by molar-refractivity contribution is 9.10. The lowest BCUT2D eigenvalue weighted by Gasteiger charge is -2.37. The summed E-state index contributed by atoms with van der Waals surface area (Å²) in [4.78, 5) is 43.2. The summed E-state index contributed by atoms with van der Waals surface area (Å²) in [6.07, 6.45) is 2.05. The molecule has 27 heavy (non-hydrogen) atoms. The number of anilines is 1. The number of piperidine rings is 1. The topological polar surface area (TPSA) is 60.9 Å². The van der Waals surface area contributed by atoms with E-state index in [4.69, 9.17) is 0 Å². The Labute approximate surface area is 168 Å². The van der Waals surface area contributed by atoms with E-state index < -0.39 is 6.04 Å². The smallest absolute Gasteiger partial charge is 0.312 e. The molecule has 2 heterocycles. The van der Waals surface area contributed by atoms with Crippen molar-refractivity contribution in [3.05, 3.63) is 27.7 Å². The highest BCUT2D eigenvalue weighted by Gasteiger charge is 2.46. The van der Waals surface area contributed by atoms with Gasteiger partial charge in [-0.05, 0) is 63.3 Å². The Bertz CT molecular complexity index is 772. The van der Waals surface area contributed by atoms with E-state index in [0.717, 1.165) is 34.1 Å². The number of hydrogen-bond acceptors (Lipinski definition) is 3. The van der Waals surface area contributed by atoms with Crippen molar-refractivity contribution in [1.82, 2.24) is 9.80 Å². The van der Waals surface area contributed by atoms with Crippen LogP contribution in [-0.2, 0) is 9.59 Å². The Morgan fingerprint density at radius 1 is 1.19 bits per heavy atom. The van der Waals surface area contributed by atoms with Gasteiger partial charge in [0.2, 0.25) is 5.91 Å². The van der Waals surface area contributed by atoms with Crippen molar-refractivity contribution in [2.75, 3.05) is 18.0 Å². The van der Waals surface area contributed by atoms with Crippen molar-refractivity contribution >= 4 is 39.5 Å². The molecule has 4 amide bonds. The molecule has 6 nitrogen and oxygen atoms in total. The van der Waals surface area contributed by atoms with E-state index in [1.165, 1.54) is 4.90 Å². The number of hydrogen-bond donors (Lipinski definition) is 0. The first-order valence-corrected chi connectivity index (χ1v) is 10.3. The number of carbonyl (C=O) groups is 3. The second kappa shape index (κ2) is 7.62. The molecular weight excluding hydrogens is 410 g/mol. The summed E-state index contributed by atoms with van der Waals surface area (Å²) in [6, 6.07) is 2.90. The van der Waals surface area contributed by atoms with Gasteiger partial charge >= 0.3 is 6.03 Å². The van der Waals surface area contributed by atoms with E-state index in [2.05, 4.69) is 15.9 Å². The van der Waals surface area contributed by atoms with Crippen LogP contribution in [0.5, 0.6) is 0 Å². The number of imide groups is 1. The van der Waals surface area contributed by atoms with Crippen LogP contribution in [0.25, 0.3) is 0 Å². The van der Waals surface area contributed by atoms with E-state index >= 15 is 0 Å². The fourth-order valence-electron chi connectivity index (χ4n) is 4.05. The molecule has 2 atom stereocenters. The minimum atomic E-state index is -0.713. The number of halogens is 1. The lowest BCUT2D eigenvalue weighted by molar-refractivity contribution is -0.134. The average Bonchev–Trinajstić information content (AvgIpc) is 2.89. The van der Waals surface area contributed by atoms with Crippen LogP contribution in [0.15, 0.2) is 16.6 Å². The predicted molar refractivity (Wildman–Crippen MR) is 108 cm³/mol. The SMILES string of the molecule is CC[C@@H](C)N1CC(=O)N([C@@H]2CCCN(c3c(C)cc(Br)cc3C)C2=O)C1=O. The summed E-state index contributed by atoms with van der Waals surface area (Å²) in [7, 11) is 0. The molecule has 0 bridgehead atoms. The standard InChI is InChI=1S/C20H26BrN3O3/c1-5-14(4)23-11-17(25)24(20(23)27)16-7-6-8-22(19(16)26)18-12(2)9-15(21)10-13(18)3/h9-10,14,16H,5-8,11H2,1-4H3/t14-,16-/m1/s1. The summed E-state index contributed by atoms with van der Waals surface area (Å²) < 4.78 is 0.969. The van der Waals surface area contributed by atoms with Gasteiger partial charge in [0, 0.05) is 22.7 Å². The van der Waals surface area contributed by atoms with E-state index in [9.17, 15) is 14.4 Å². The average molecular weight is 436 g/mol. The van der Waals surface area contributed by atoms with Crippen LogP contribution in [0.3, 0.4) is 0 Å². The second-order valence-electron chi connectivity index (χ2n) is 7.47. The third kappa shape index (κ3) is 3.49. The van der Waals surface area contributed by atoms with Gasteiger partial charge in [-0.2, -0.15) is 0 Å². The number of aryl methyl sites for hydroxylation is 2. The summed E-state index contributed by atoms with van der Waals surface area (Å²) >= 11 is 3.49. The Morgan fingerprint density at radius 2 is 1.81 bits per heavy atom. The number of rotatable bonds is 4. The van der Waals surface area contributed by atoms with E-state index in [-0.39, 0.29) is 30.4 Å². The number of benzene rings is 1. The van der Waals surface area contributed by atoms with Crippen LogP contribution in [-0.4, -0.2) is 52.8 Å². The molecule has 146 valence electrons. The molecular formula is C20H26BrN3O3. The zero-order valence-electron chi connectivity index (χ0n) is 16.3. The minimum Gasteiger partial charge on any atom is -0.312 e. The Hall–Kier alpha value is -1.89. The van der Waals surface area contributed by atoms with Crippen molar-refractivity contribution in [2.45, 2.75) is 59.0 Å². The third-order valence-corrected chi connectivity index (χ3v) is 6.05. The molecule has 7 heteroatoms. The monoisotopic (exact) mass is 435 g/mol. The van der Waals surface area contributed by atoms with Crippen molar-refractivity contribution in [2.24, 2.45) is 0 Å². The van der Waals surface area contributed by atoms with Gasteiger partial charge in [-0.25, -0.2) is 9.69 Å². The molecule has 3 rings (SSSR count). The predicted octanol–water partition coefficient (Wildman–Crippen LogP) is 3.62. The molecule has 1 aromatic rings. The van der Waals surface area contributed by atoms with Crippen molar-refractivity contribution in [3.8, 4) is 0 Å². The molecule has 2 fully saturated rings. The maximum atomic E-state index is 13.3. The molecule has 0 aliphatic carbocycles. The highest BCUT2D eigenvalue weighted by atomic mass is 79.9. The van der Waals surface area contributed by atoms with Crippen LogP contribution in [0.4, 0.5) is 10.5 Å². The summed E-state index contributed by atoms with van der Waals surface area (Å²) in [6.45, 7) is 8.52. The molecule has 0 unspecified atom stereocenters. The third-order valence-electron chi connectivity index (χ3n) is 5.60. The maximum Gasteiger partial charge on any atom is 0.328 e. The van der Waals surface area contributed by atoms with E-state index in [1.807, 2.05) is 39.8 Å². The van der Waals surface area contributed by atoms with Crippen molar-refractivity contribution < 1.29 is 14.4 Å². The largest absolute Gasteiger partial charge is 0.328 e. The van der Waals surface area contributed by atoms with Gasteiger partial charge in [0.25, 0.3) is 5.91 Å². The summed E-state index contributed by atoms with van der Waals surface area (Å²) in [5.41, 5.74) is 2.87. The lowest BCUT2D eigenvalue weighted by Crippen LogP contribution is -2.55. The quantitative estimate of drug-likeness (QED) is 0.678. The van der Waals surface area contributed by atoms with Gasteiger partial charge in [0.1, 0.15) is 12.6 Å². The maximum absolute atomic E-state index is 13.3. The molecule has 0 saturated carbocycles. The number of nitrogens with zero attached hydrogens (tertiary/aromatic N) is 3. The van der Waals surface area contributed by atoms with Crippen molar-refractivity contribution in [1.29, 1.82) is 0 Å². The number of urea groups is 1. The van der Waals surface area contributed by atoms with E-state index in [0.29, 0.717) is 13.0 Å². The van der Waals surface area contributed by atoms with Crippen molar-refractivity contribution in [3.63, 3.8) is 0 Å². The second-order valence-corrected chi connectivity index (χ2v) is 8.38. The summed E-state index contributed by atoms with van der Waals surface area (Å²) in [5, 5.41) is 0. The fraction of sp³-hybridized carbons (Fsp3) is 0.550. The zero-order chi connectivity index (χ0) is 19.9. The van der Waals surface area contributed by atoms with Gasteiger partial charge in [-0.15, -0.1) is 0 Å². The zero-order valence-corrected chi connectivity index (χ0v) is 17.9.